The van der Waals surface area contributed by atoms with E-state index >= 15 is 0 Å². The van der Waals surface area contributed by atoms with Gasteiger partial charge >= 0.3 is 0 Å². The molecule has 2 heterocycles. The van der Waals surface area contributed by atoms with Gasteiger partial charge in [0.1, 0.15) is 0 Å². The Balaban J connectivity index is 0.000000186. The van der Waals surface area contributed by atoms with Crippen molar-refractivity contribution in [1.29, 1.82) is 0 Å². The van der Waals surface area contributed by atoms with E-state index < -0.39 is 0 Å². The first-order chi connectivity index (χ1) is 10.3. The van der Waals surface area contributed by atoms with Crippen LogP contribution in [0.4, 0.5) is 0 Å². The van der Waals surface area contributed by atoms with Crippen LogP contribution >= 0.6 is 15.9 Å². The maximum absolute atomic E-state index is 10.9. The minimum absolute atomic E-state index is 0.712. The summed E-state index contributed by atoms with van der Waals surface area (Å²) in [6, 6.07) is 17.7. The average Bonchev–Trinajstić information content (AvgIpc) is 3.14. The molecule has 0 bridgehead atoms. The first-order valence-corrected chi connectivity index (χ1v) is 7.32. The second kappa shape index (κ2) is 5.97. The van der Waals surface area contributed by atoms with Gasteiger partial charge in [-0.2, -0.15) is 0 Å². The molecule has 0 spiro atoms. The summed E-state index contributed by atoms with van der Waals surface area (Å²) in [5.74, 6) is 0. The van der Waals surface area contributed by atoms with Crippen LogP contribution in [0.5, 0.6) is 0 Å². The first kappa shape index (κ1) is 13.6. The Kier molecular flexibility index (Phi) is 3.88. The number of aldehydes is 1. The minimum Gasteiger partial charge on any atom is -0.356 e. The van der Waals surface area contributed by atoms with Gasteiger partial charge in [0, 0.05) is 28.0 Å². The molecule has 0 aliphatic carbocycles. The van der Waals surface area contributed by atoms with Crippen molar-refractivity contribution in [1.82, 2.24) is 9.97 Å². The molecule has 0 aliphatic heterocycles. The number of rotatable bonds is 1. The normalized spacial score (nSPS) is 10.3. The van der Waals surface area contributed by atoms with Crippen molar-refractivity contribution in [3.63, 3.8) is 0 Å². The predicted octanol–water partition coefficient (Wildman–Crippen LogP) is 4.91. The van der Waals surface area contributed by atoms with E-state index in [0.29, 0.717) is 5.56 Å². The lowest BCUT2D eigenvalue weighted by Gasteiger charge is -1.92. The van der Waals surface area contributed by atoms with E-state index in [9.17, 15) is 4.79 Å². The van der Waals surface area contributed by atoms with Crippen LogP contribution in [-0.4, -0.2) is 16.3 Å². The van der Waals surface area contributed by atoms with Gasteiger partial charge < -0.3 is 9.97 Å². The molecule has 0 amide bonds. The Bertz CT molecular complexity index is 878. The van der Waals surface area contributed by atoms with Gasteiger partial charge in [0.2, 0.25) is 0 Å². The lowest BCUT2D eigenvalue weighted by Crippen LogP contribution is -1.80. The number of fused-ring (bicyclic) bond motifs is 3. The Morgan fingerprint density at radius 2 is 1.71 bits per heavy atom. The summed E-state index contributed by atoms with van der Waals surface area (Å²) in [7, 11) is 0. The standard InChI is InChI=1S/C13H9NO.C4H4BrN/c15-8-9-4-3-6-11-10-5-1-2-7-12(10)14-13(9)11;5-4-2-1-3-6-4/h1-8,14H;1-3,6H. The van der Waals surface area contributed by atoms with E-state index in [-0.39, 0.29) is 0 Å². The van der Waals surface area contributed by atoms with E-state index in [4.69, 9.17) is 0 Å². The number of H-pyrrole nitrogens is 2. The summed E-state index contributed by atoms with van der Waals surface area (Å²) in [6.07, 6.45) is 2.75. The number of hydrogen-bond acceptors (Lipinski definition) is 1. The third kappa shape index (κ3) is 2.76. The minimum atomic E-state index is 0.712. The van der Waals surface area contributed by atoms with Gasteiger partial charge in [-0.1, -0.05) is 30.3 Å². The predicted molar refractivity (Wildman–Crippen MR) is 89.7 cm³/mol. The molecule has 104 valence electrons. The maximum atomic E-state index is 10.9. The summed E-state index contributed by atoms with van der Waals surface area (Å²) < 4.78 is 1.03. The monoisotopic (exact) mass is 340 g/mol. The number of carbonyl (C=O) groups is 1. The molecule has 0 atom stereocenters. The van der Waals surface area contributed by atoms with Crippen LogP contribution in [0.15, 0.2) is 65.4 Å². The Morgan fingerprint density at radius 1 is 0.905 bits per heavy atom. The van der Waals surface area contributed by atoms with Gasteiger partial charge in [0.25, 0.3) is 0 Å². The van der Waals surface area contributed by atoms with Crippen LogP contribution < -0.4 is 0 Å². The number of benzene rings is 2. The van der Waals surface area contributed by atoms with Gasteiger partial charge in [-0.3, -0.25) is 4.79 Å². The highest BCUT2D eigenvalue weighted by atomic mass is 79.9. The van der Waals surface area contributed by atoms with E-state index in [2.05, 4.69) is 32.0 Å². The van der Waals surface area contributed by atoms with Crippen molar-refractivity contribution in [3.8, 4) is 0 Å². The molecule has 21 heavy (non-hydrogen) atoms. The summed E-state index contributed by atoms with van der Waals surface area (Å²) in [6.45, 7) is 0. The van der Waals surface area contributed by atoms with Gasteiger partial charge in [0.05, 0.1) is 10.1 Å². The van der Waals surface area contributed by atoms with E-state index in [0.717, 1.165) is 32.7 Å². The van der Waals surface area contributed by atoms with E-state index in [1.165, 1.54) is 0 Å². The zero-order valence-corrected chi connectivity index (χ0v) is 12.7. The molecule has 2 aromatic heterocycles. The lowest BCUT2D eigenvalue weighted by molar-refractivity contribution is 0.112. The van der Waals surface area contributed by atoms with Crippen LogP contribution in [0.2, 0.25) is 0 Å². The number of aromatic nitrogens is 2. The molecule has 4 rings (SSSR count). The molecule has 0 fully saturated rings. The van der Waals surface area contributed by atoms with Crippen molar-refractivity contribution < 1.29 is 4.79 Å². The van der Waals surface area contributed by atoms with Gasteiger partial charge in [-0.25, -0.2) is 0 Å². The van der Waals surface area contributed by atoms with Crippen molar-refractivity contribution in [3.05, 3.63) is 71.0 Å². The van der Waals surface area contributed by atoms with Crippen molar-refractivity contribution in [2.75, 3.05) is 0 Å². The Morgan fingerprint density at radius 3 is 2.38 bits per heavy atom. The number of carbonyl (C=O) groups excluding carboxylic acids is 1. The van der Waals surface area contributed by atoms with Crippen LogP contribution in [0.1, 0.15) is 10.4 Å². The molecule has 0 saturated carbocycles. The summed E-state index contributed by atoms with van der Waals surface area (Å²) in [4.78, 5) is 17.1. The third-order valence-electron chi connectivity index (χ3n) is 3.26. The second-order valence-electron chi connectivity index (χ2n) is 4.58. The van der Waals surface area contributed by atoms with Gasteiger partial charge in [-0.05, 0) is 40.2 Å². The second-order valence-corrected chi connectivity index (χ2v) is 5.43. The highest BCUT2D eigenvalue weighted by molar-refractivity contribution is 9.10. The average molecular weight is 341 g/mol. The van der Waals surface area contributed by atoms with Crippen LogP contribution in [0, 0.1) is 0 Å². The molecule has 4 aromatic rings. The Labute approximate surface area is 130 Å². The number of aromatic amines is 2. The third-order valence-corrected chi connectivity index (χ3v) is 3.75. The van der Waals surface area contributed by atoms with Crippen molar-refractivity contribution in [2.45, 2.75) is 0 Å². The molecular weight excluding hydrogens is 328 g/mol. The smallest absolute Gasteiger partial charge is 0.152 e. The van der Waals surface area contributed by atoms with E-state index in [1.54, 1.807) is 0 Å². The fourth-order valence-corrected chi connectivity index (χ4v) is 2.59. The summed E-state index contributed by atoms with van der Waals surface area (Å²) in [5.41, 5.74) is 2.71. The largest absolute Gasteiger partial charge is 0.356 e. The van der Waals surface area contributed by atoms with Gasteiger partial charge in [0.15, 0.2) is 6.29 Å². The zero-order chi connectivity index (χ0) is 14.7. The number of halogens is 1. The van der Waals surface area contributed by atoms with Crippen molar-refractivity contribution >= 4 is 44.0 Å². The van der Waals surface area contributed by atoms with Crippen molar-refractivity contribution in [2.24, 2.45) is 0 Å². The molecule has 2 N–H and O–H groups in total. The molecule has 2 aromatic carbocycles. The fourth-order valence-electron chi connectivity index (χ4n) is 2.30. The fraction of sp³-hybridized carbons (Fsp3) is 0. The lowest BCUT2D eigenvalue weighted by atomic mass is 10.1. The maximum Gasteiger partial charge on any atom is 0.152 e. The van der Waals surface area contributed by atoms with Crippen LogP contribution in [0.25, 0.3) is 21.8 Å². The van der Waals surface area contributed by atoms with Gasteiger partial charge in [-0.15, -0.1) is 0 Å². The SMILES string of the molecule is Brc1ccc[nH]1.O=Cc1cccc2c1[nH]c1ccccc12. The quantitative estimate of drug-likeness (QED) is 0.475. The van der Waals surface area contributed by atoms with Crippen LogP contribution in [-0.2, 0) is 0 Å². The summed E-state index contributed by atoms with van der Waals surface area (Å²) >= 11 is 3.23. The number of nitrogens with one attached hydrogen (secondary N) is 2. The molecule has 4 heteroatoms. The molecule has 3 nitrogen and oxygen atoms in total. The molecule has 0 saturated heterocycles. The topological polar surface area (TPSA) is 48.6 Å². The molecule has 0 aliphatic rings. The molecular formula is C17H13BrN2O. The summed E-state index contributed by atoms with van der Waals surface area (Å²) in [5, 5.41) is 2.27. The highest BCUT2D eigenvalue weighted by Crippen LogP contribution is 2.26. The zero-order valence-electron chi connectivity index (χ0n) is 11.1. The van der Waals surface area contributed by atoms with Crippen LogP contribution in [0.3, 0.4) is 0 Å². The van der Waals surface area contributed by atoms with E-state index in [1.807, 2.05) is 54.7 Å². The number of hydrogen-bond donors (Lipinski definition) is 2. The molecule has 0 unspecified atom stereocenters. The first-order valence-electron chi connectivity index (χ1n) is 6.53. The Hall–Kier alpha value is -2.33. The molecule has 0 radical (unpaired) electrons. The number of para-hydroxylation sites is 2. The highest BCUT2D eigenvalue weighted by Gasteiger charge is 2.05.